The molecule has 4 heteroatoms. The van der Waals surface area contributed by atoms with E-state index in [4.69, 9.17) is 5.73 Å². The molecule has 0 bridgehead atoms. The van der Waals surface area contributed by atoms with Crippen molar-refractivity contribution in [1.82, 2.24) is 10.2 Å². The van der Waals surface area contributed by atoms with E-state index in [9.17, 15) is 0 Å². The Kier molecular flexibility index (Phi) is 5.95. The summed E-state index contributed by atoms with van der Waals surface area (Å²) in [6.45, 7) is 5.55. The maximum absolute atomic E-state index is 6.00. The van der Waals surface area contributed by atoms with Crippen LogP contribution in [0.3, 0.4) is 0 Å². The van der Waals surface area contributed by atoms with Gasteiger partial charge < -0.3 is 11.1 Å². The van der Waals surface area contributed by atoms with Crippen molar-refractivity contribution in [2.45, 2.75) is 70.4 Å². The fourth-order valence-corrected chi connectivity index (χ4v) is 3.21. The second kappa shape index (κ2) is 7.73. The normalized spacial score (nSPS) is 25.2. The topological polar surface area (TPSA) is 53.6 Å². The van der Waals surface area contributed by atoms with Crippen LogP contribution in [0.2, 0.25) is 0 Å². The average Bonchev–Trinajstić information content (AvgIpc) is 2.47. The number of hydrogen-bond acceptors (Lipinski definition) is 2. The lowest BCUT2D eigenvalue weighted by atomic mass is 9.96. The molecule has 0 amide bonds. The zero-order valence-corrected chi connectivity index (χ0v) is 12.4. The Morgan fingerprint density at radius 1 is 1.16 bits per heavy atom. The lowest BCUT2D eigenvalue weighted by Crippen LogP contribution is -2.43. The fraction of sp³-hybridized carbons (Fsp3) is 0.933. The molecular formula is C15H30N4. The molecule has 1 atom stereocenters. The molecule has 0 aromatic heterocycles. The maximum Gasteiger partial charge on any atom is 0.188 e. The molecule has 1 saturated carbocycles. The summed E-state index contributed by atoms with van der Waals surface area (Å²) in [7, 11) is 0. The summed E-state index contributed by atoms with van der Waals surface area (Å²) in [6, 6.07) is 1.08. The Labute approximate surface area is 117 Å². The summed E-state index contributed by atoms with van der Waals surface area (Å²) in [5.74, 6) is 0.649. The number of hydrogen-bond donors (Lipinski definition) is 2. The Morgan fingerprint density at radius 2 is 1.79 bits per heavy atom. The number of aliphatic imine (C=N–C) groups is 1. The SMILES string of the molecule is CC(CN=C(N)NC1CCCCC1)N1CCCCC1. The van der Waals surface area contributed by atoms with Crippen LogP contribution in [0, 0.1) is 0 Å². The first-order chi connectivity index (χ1) is 9.25. The van der Waals surface area contributed by atoms with Crippen molar-refractivity contribution in [2.24, 2.45) is 10.7 Å². The lowest BCUT2D eigenvalue weighted by Gasteiger charge is -2.31. The predicted octanol–water partition coefficient (Wildman–Crippen LogP) is 2.10. The number of piperidine rings is 1. The van der Waals surface area contributed by atoms with Gasteiger partial charge in [-0.15, -0.1) is 0 Å². The summed E-state index contributed by atoms with van der Waals surface area (Å²) in [6.07, 6.45) is 10.6. The molecule has 1 aliphatic heterocycles. The number of guanidine groups is 1. The van der Waals surface area contributed by atoms with Gasteiger partial charge >= 0.3 is 0 Å². The molecule has 0 radical (unpaired) electrons. The van der Waals surface area contributed by atoms with Crippen LogP contribution in [0.5, 0.6) is 0 Å². The van der Waals surface area contributed by atoms with E-state index in [2.05, 4.69) is 22.1 Å². The molecular weight excluding hydrogens is 236 g/mol. The summed E-state index contributed by atoms with van der Waals surface area (Å²) < 4.78 is 0. The van der Waals surface area contributed by atoms with Crippen LogP contribution in [-0.2, 0) is 0 Å². The average molecular weight is 266 g/mol. The van der Waals surface area contributed by atoms with E-state index in [-0.39, 0.29) is 0 Å². The molecule has 4 nitrogen and oxygen atoms in total. The molecule has 110 valence electrons. The number of nitrogens with zero attached hydrogens (tertiary/aromatic N) is 2. The number of likely N-dealkylation sites (tertiary alicyclic amines) is 1. The van der Waals surface area contributed by atoms with E-state index in [0.29, 0.717) is 18.0 Å². The minimum atomic E-state index is 0.520. The van der Waals surface area contributed by atoms with E-state index in [1.54, 1.807) is 0 Å². The third-order valence-electron chi connectivity index (χ3n) is 4.50. The van der Waals surface area contributed by atoms with E-state index < -0.39 is 0 Å². The highest BCUT2D eigenvalue weighted by molar-refractivity contribution is 5.78. The molecule has 2 aliphatic rings. The molecule has 0 aromatic carbocycles. The quantitative estimate of drug-likeness (QED) is 0.605. The third-order valence-corrected chi connectivity index (χ3v) is 4.50. The van der Waals surface area contributed by atoms with Crippen molar-refractivity contribution in [3.05, 3.63) is 0 Å². The Bertz CT molecular complexity index is 278. The van der Waals surface area contributed by atoms with Crippen molar-refractivity contribution < 1.29 is 0 Å². The van der Waals surface area contributed by atoms with Crippen molar-refractivity contribution in [3.8, 4) is 0 Å². The van der Waals surface area contributed by atoms with Gasteiger partial charge in [0.1, 0.15) is 0 Å². The van der Waals surface area contributed by atoms with Crippen molar-refractivity contribution in [2.75, 3.05) is 19.6 Å². The lowest BCUT2D eigenvalue weighted by molar-refractivity contribution is 0.178. The largest absolute Gasteiger partial charge is 0.370 e. The van der Waals surface area contributed by atoms with Gasteiger partial charge in [0.2, 0.25) is 0 Å². The Morgan fingerprint density at radius 3 is 2.47 bits per heavy atom. The molecule has 1 saturated heterocycles. The molecule has 0 aromatic rings. The highest BCUT2D eigenvalue weighted by Crippen LogP contribution is 2.17. The second-order valence-corrected chi connectivity index (χ2v) is 6.15. The molecule has 3 N–H and O–H groups in total. The third kappa shape index (κ3) is 5.01. The molecule has 19 heavy (non-hydrogen) atoms. The van der Waals surface area contributed by atoms with E-state index in [1.807, 2.05) is 0 Å². The molecule has 1 heterocycles. The van der Waals surface area contributed by atoms with Gasteiger partial charge in [0.25, 0.3) is 0 Å². The molecule has 2 fully saturated rings. The summed E-state index contributed by atoms with van der Waals surface area (Å²) in [5.41, 5.74) is 6.00. The van der Waals surface area contributed by atoms with Gasteiger partial charge in [0.15, 0.2) is 5.96 Å². The highest BCUT2D eigenvalue weighted by Gasteiger charge is 2.17. The highest BCUT2D eigenvalue weighted by atomic mass is 15.2. The minimum absolute atomic E-state index is 0.520. The molecule has 2 rings (SSSR count). The van der Waals surface area contributed by atoms with Crippen molar-refractivity contribution in [3.63, 3.8) is 0 Å². The molecule has 1 aliphatic carbocycles. The summed E-state index contributed by atoms with van der Waals surface area (Å²) >= 11 is 0. The van der Waals surface area contributed by atoms with Crippen LogP contribution in [0.15, 0.2) is 4.99 Å². The number of nitrogens with one attached hydrogen (secondary N) is 1. The maximum atomic E-state index is 6.00. The van der Waals surface area contributed by atoms with Crippen LogP contribution < -0.4 is 11.1 Å². The standard InChI is InChI=1S/C15H30N4/c1-13(19-10-6-3-7-11-19)12-17-15(16)18-14-8-4-2-5-9-14/h13-14H,2-12H2,1H3,(H3,16,17,18). The van der Waals surface area contributed by atoms with E-state index in [0.717, 1.165) is 6.54 Å². The Hall–Kier alpha value is -0.770. The second-order valence-electron chi connectivity index (χ2n) is 6.15. The van der Waals surface area contributed by atoms with Gasteiger partial charge in [-0.1, -0.05) is 25.7 Å². The van der Waals surface area contributed by atoms with Gasteiger partial charge in [0.05, 0.1) is 6.54 Å². The Balaban J connectivity index is 1.70. The fourth-order valence-electron chi connectivity index (χ4n) is 3.21. The monoisotopic (exact) mass is 266 g/mol. The van der Waals surface area contributed by atoms with Crippen LogP contribution >= 0.6 is 0 Å². The van der Waals surface area contributed by atoms with Crippen LogP contribution in [-0.4, -0.2) is 42.6 Å². The first-order valence-electron chi connectivity index (χ1n) is 8.06. The molecule has 0 spiro atoms. The van der Waals surface area contributed by atoms with Crippen LogP contribution in [0.25, 0.3) is 0 Å². The van der Waals surface area contributed by atoms with Gasteiger partial charge in [-0.05, 0) is 45.7 Å². The first kappa shape index (κ1) is 14.6. The smallest absolute Gasteiger partial charge is 0.188 e. The van der Waals surface area contributed by atoms with Gasteiger partial charge in [0, 0.05) is 12.1 Å². The van der Waals surface area contributed by atoms with Crippen molar-refractivity contribution in [1.29, 1.82) is 0 Å². The first-order valence-corrected chi connectivity index (χ1v) is 8.06. The van der Waals surface area contributed by atoms with Gasteiger partial charge in [-0.3, -0.25) is 9.89 Å². The predicted molar refractivity (Wildman–Crippen MR) is 81.4 cm³/mol. The van der Waals surface area contributed by atoms with E-state index >= 15 is 0 Å². The summed E-state index contributed by atoms with van der Waals surface area (Å²) in [5, 5.41) is 3.39. The summed E-state index contributed by atoms with van der Waals surface area (Å²) in [4.78, 5) is 7.08. The zero-order valence-electron chi connectivity index (χ0n) is 12.4. The van der Waals surface area contributed by atoms with Crippen molar-refractivity contribution >= 4 is 5.96 Å². The number of rotatable bonds is 4. The molecule has 1 unspecified atom stereocenters. The minimum Gasteiger partial charge on any atom is -0.370 e. The number of nitrogens with two attached hydrogens (primary N) is 1. The van der Waals surface area contributed by atoms with Gasteiger partial charge in [-0.2, -0.15) is 0 Å². The van der Waals surface area contributed by atoms with Gasteiger partial charge in [-0.25, -0.2) is 0 Å². The van der Waals surface area contributed by atoms with Crippen LogP contribution in [0.4, 0.5) is 0 Å². The zero-order chi connectivity index (χ0) is 13.5. The van der Waals surface area contributed by atoms with E-state index in [1.165, 1.54) is 64.5 Å². The van der Waals surface area contributed by atoms with Crippen LogP contribution in [0.1, 0.15) is 58.3 Å².